The molecule has 2 rings (SSSR count). The lowest BCUT2D eigenvalue weighted by Crippen LogP contribution is -2.39. The zero-order valence-corrected chi connectivity index (χ0v) is 13.4. The summed E-state index contributed by atoms with van der Waals surface area (Å²) in [4.78, 5) is 25.2. The van der Waals surface area contributed by atoms with Gasteiger partial charge in [-0.3, -0.25) is 9.59 Å². The highest BCUT2D eigenvalue weighted by Crippen LogP contribution is 2.30. The van der Waals surface area contributed by atoms with Crippen LogP contribution in [0, 0.1) is 11.7 Å². The summed E-state index contributed by atoms with van der Waals surface area (Å²) in [7, 11) is 0. The largest absolute Gasteiger partial charge is 0.457 e. The van der Waals surface area contributed by atoms with Crippen molar-refractivity contribution >= 4 is 23.5 Å². The van der Waals surface area contributed by atoms with Crippen LogP contribution in [0.15, 0.2) is 18.2 Å². The lowest BCUT2D eigenvalue weighted by molar-refractivity contribution is -0.156. The molecule has 1 saturated heterocycles. The van der Waals surface area contributed by atoms with Gasteiger partial charge in [-0.15, -0.1) is 0 Å². The molecule has 1 aliphatic rings. The van der Waals surface area contributed by atoms with Gasteiger partial charge in [0.25, 0.3) is 0 Å². The quantitative estimate of drug-likeness (QED) is 0.800. The lowest BCUT2D eigenvalue weighted by atomic mass is 9.97. The number of benzene rings is 1. The summed E-state index contributed by atoms with van der Waals surface area (Å²) in [6.07, 6.45) is 0.388. The Labute approximate surface area is 134 Å². The summed E-state index contributed by atoms with van der Waals surface area (Å²) < 4.78 is 19.2. The molecule has 0 radical (unpaired) electrons. The lowest BCUT2D eigenvalue weighted by Gasteiger charge is -2.30. The Kier molecular flexibility index (Phi) is 5.40. The van der Waals surface area contributed by atoms with Crippen molar-refractivity contribution < 1.29 is 18.7 Å². The minimum absolute atomic E-state index is 0.0123. The number of nitrogens with zero attached hydrogens (tertiary/aromatic N) is 1. The summed E-state index contributed by atoms with van der Waals surface area (Å²) >= 11 is 5.97. The molecule has 4 nitrogen and oxygen atoms in total. The second-order valence-corrected chi connectivity index (χ2v) is 5.90. The number of piperidine rings is 1. The van der Waals surface area contributed by atoms with E-state index in [9.17, 15) is 14.0 Å². The van der Waals surface area contributed by atoms with E-state index in [1.54, 1.807) is 17.9 Å². The third-order valence-electron chi connectivity index (χ3n) is 3.97. The molecule has 1 amide bonds. The van der Waals surface area contributed by atoms with Gasteiger partial charge in [-0.2, -0.15) is 0 Å². The Morgan fingerprint density at radius 3 is 2.55 bits per heavy atom. The molecule has 1 fully saturated rings. The Hall–Kier alpha value is -1.62. The number of carbonyl (C=O) groups is 2. The van der Waals surface area contributed by atoms with Crippen LogP contribution in [0.5, 0.6) is 0 Å². The van der Waals surface area contributed by atoms with Crippen molar-refractivity contribution in [3.05, 3.63) is 34.6 Å². The van der Waals surface area contributed by atoms with E-state index in [0.717, 1.165) is 0 Å². The highest BCUT2D eigenvalue weighted by molar-refractivity contribution is 6.31. The smallest absolute Gasteiger partial charge is 0.309 e. The number of halogens is 2. The minimum atomic E-state index is -0.743. The molecule has 22 heavy (non-hydrogen) atoms. The van der Waals surface area contributed by atoms with Gasteiger partial charge < -0.3 is 9.64 Å². The Bertz CT molecular complexity index is 550. The van der Waals surface area contributed by atoms with E-state index < -0.39 is 11.9 Å². The van der Waals surface area contributed by atoms with Gasteiger partial charge in [0.2, 0.25) is 5.91 Å². The summed E-state index contributed by atoms with van der Waals surface area (Å²) in [5, 5.41) is 0.242. The number of amides is 1. The number of hydrogen-bond acceptors (Lipinski definition) is 3. The number of rotatable bonds is 3. The molecule has 0 bridgehead atoms. The molecular formula is C16H19ClFNO3. The molecule has 0 aromatic heterocycles. The fourth-order valence-electron chi connectivity index (χ4n) is 2.66. The zero-order chi connectivity index (χ0) is 16.3. The molecular weight excluding hydrogens is 309 g/mol. The van der Waals surface area contributed by atoms with Gasteiger partial charge in [-0.25, -0.2) is 4.39 Å². The number of hydrogen-bond donors (Lipinski definition) is 0. The van der Waals surface area contributed by atoms with Gasteiger partial charge in [0.15, 0.2) is 0 Å². The molecule has 0 unspecified atom stereocenters. The summed E-state index contributed by atoms with van der Waals surface area (Å²) in [6.45, 7) is 4.21. The minimum Gasteiger partial charge on any atom is -0.457 e. The third kappa shape index (κ3) is 3.77. The van der Waals surface area contributed by atoms with Crippen molar-refractivity contribution in [2.75, 3.05) is 13.1 Å². The van der Waals surface area contributed by atoms with Crippen LogP contribution in [0.2, 0.25) is 5.02 Å². The van der Waals surface area contributed by atoms with Crippen molar-refractivity contribution in [3.8, 4) is 0 Å². The third-order valence-corrected chi connectivity index (χ3v) is 4.30. The van der Waals surface area contributed by atoms with Crippen LogP contribution in [-0.2, 0) is 14.3 Å². The normalized spacial score (nSPS) is 17.2. The van der Waals surface area contributed by atoms with Crippen LogP contribution in [0.4, 0.5) is 4.39 Å². The highest BCUT2D eigenvalue weighted by Gasteiger charge is 2.29. The van der Waals surface area contributed by atoms with Crippen molar-refractivity contribution in [1.82, 2.24) is 4.90 Å². The predicted molar refractivity (Wildman–Crippen MR) is 80.9 cm³/mol. The van der Waals surface area contributed by atoms with Crippen molar-refractivity contribution in [3.63, 3.8) is 0 Å². The summed E-state index contributed by atoms with van der Waals surface area (Å²) in [5.74, 6) is -1.10. The topological polar surface area (TPSA) is 46.6 Å². The molecule has 6 heteroatoms. The van der Waals surface area contributed by atoms with Crippen LogP contribution in [0.3, 0.4) is 0 Å². The van der Waals surface area contributed by atoms with Crippen LogP contribution in [0.1, 0.15) is 38.4 Å². The maximum Gasteiger partial charge on any atom is 0.309 e. The molecule has 1 aromatic rings. The van der Waals surface area contributed by atoms with Crippen molar-refractivity contribution in [2.24, 2.45) is 5.92 Å². The second-order valence-electron chi connectivity index (χ2n) is 5.49. The number of likely N-dealkylation sites (tertiary alicyclic amines) is 1. The SMILES string of the molecule is CC(=O)N1CCC(C(=O)O[C@H](C)c2c(F)cccc2Cl)CC1. The first-order valence-electron chi connectivity index (χ1n) is 7.30. The predicted octanol–water partition coefficient (Wildman–Crippen LogP) is 3.34. The maximum absolute atomic E-state index is 13.8. The van der Waals surface area contributed by atoms with E-state index in [2.05, 4.69) is 0 Å². The van der Waals surface area contributed by atoms with Crippen molar-refractivity contribution in [2.45, 2.75) is 32.8 Å². The van der Waals surface area contributed by atoms with E-state index in [1.165, 1.54) is 19.1 Å². The molecule has 1 aliphatic heterocycles. The van der Waals surface area contributed by atoms with E-state index >= 15 is 0 Å². The fraction of sp³-hybridized carbons (Fsp3) is 0.500. The Morgan fingerprint density at radius 2 is 2.00 bits per heavy atom. The number of carbonyl (C=O) groups excluding carboxylic acids is 2. The van der Waals surface area contributed by atoms with Gasteiger partial charge in [-0.05, 0) is 31.9 Å². The van der Waals surface area contributed by atoms with Crippen molar-refractivity contribution in [1.29, 1.82) is 0 Å². The van der Waals surface area contributed by atoms with E-state index in [1.807, 2.05) is 0 Å². The van der Waals surface area contributed by atoms with E-state index in [-0.39, 0.29) is 28.4 Å². The van der Waals surface area contributed by atoms with E-state index in [0.29, 0.717) is 25.9 Å². The molecule has 1 heterocycles. The molecule has 1 atom stereocenters. The van der Waals surface area contributed by atoms with Crippen LogP contribution in [-0.4, -0.2) is 29.9 Å². The highest BCUT2D eigenvalue weighted by atomic mass is 35.5. The Balaban J connectivity index is 1.96. The standard InChI is InChI=1S/C16H19ClFNO3/c1-10(15-13(17)4-3-5-14(15)18)22-16(21)12-6-8-19(9-7-12)11(2)20/h3-5,10,12H,6-9H2,1-2H3/t10-/m1/s1. The zero-order valence-electron chi connectivity index (χ0n) is 12.6. The first-order chi connectivity index (χ1) is 10.4. The number of ether oxygens (including phenoxy) is 1. The Morgan fingerprint density at radius 1 is 1.36 bits per heavy atom. The molecule has 0 aliphatic carbocycles. The first kappa shape index (κ1) is 16.7. The molecule has 0 N–H and O–H groups in total. The van der Waals surface area contributed by atoms with Gasteiger partial charge in [0.05, 0.1) is 10.9 Å². The summed E-state index contributed by atoms with van der Waals surface area (Å²) in [5.41, 5.74) is 0.193. The molecule has 0 spiro atoms. The maximum atomic E-state index is 13.8. The summed E-state index contributed by atoms with van der Waals surface area (Å²) in [6, 6.07) is 4.36. The first-order valence-corrected chi connectivity index (χ1v) is 7.68. The van der Waals surface area contributed by atoms with Gasteiger partial charge >= 0.3 is 5.97 Å². The fourth-order valence-corrected chi connectivity index (χ4v) is 2.98. The van der Waals surface area contributed by atoms with Crippen LogP contribution < -0.4 is 0 Å². The number of esters is 1. The molecule has 1 aromatic carbocycles. The average molecular weight is 328 g/mol. The monoisotopic (exact) mass is 327 g/mol. The van der Waals surface area contributed by atoms with Gasteiger partial charge in [-0.1, -0.05) is 17.7 Å². The van der Waals surface area contributed by atoms with Gasteiger partial charge in [0, 0.05) is 25.6 Å². The van der Waals surface area contributed by atoms with E-state index in [4.69, 9.17) is 16.3 Å². The average Bonchev–Trinajstić information content (AvgIpc) is 2.47. The molecule has 0 saturated carbocycles. The second kappa shape index (κ2) is 7.09. The molecule has 120 valence electrons. The van der Waals surface area contributed by atoms with Crippen LogP contribution >= 0.6 is 11.6 Å². The van der Waals surface area contributed by atoms with Gasteiger partial charge in [0.1, 0.15) is 11.9 Å². The van der Waals surface area contributed by atoms with Crippen LogP contribution in [0.25, 0.3) is 0 Å².